The predicted octanol–water partition coefficient (Wildman–Crippen LogP) is 0.626. The maximum atomic E-state index is 12.1. The summed E-state index contributed by atoms with van der Waals surface area (Å²) in [5.74, 6) is 0. The average Bonchev–Trinajstić information content (AvgIpc) is 2.29. The second-order valence-corrected chi connectivity index (χ2v) is 5.62. The van der Waals surface area contributed by atoms with E-state index < -0.39 is 16.1 Å². The first-order valence-corrected chi connectivity index (χ1v) is 6.88. The van der Waals surface area contributed by atoms with Crippen LogP contribution in [0.2, 0.25) is 0 Å². The van der Waals surface area contributed by atoms with E-state index in [0.29, 0.717) is 17.7 Å². The zero-order valence-electron chi connectivity index (χ0n) is 9.97. The Labute approximate surface area is 102 Å². The number of nitrogen functional groups attached to an aromatic ring is 1. The molecule has 0 saturated heterocycles. The number of aliphatic hydroxyl groups excluding tert-OH is 1. The molecule has 4 N–H and O–H groups in total. The second kappa shape index (κ2) is 5.48. The first kappa shape index (κ1) is 14.0. The highest BCUT2D eigenvalue weighted by molar-refractivity contribution is 7.89. The number of hydrogen-bond donors (Lipinski definition) is 3. The lowest BCUT2D eigenvalue weighted by atomic mass is 10.2. The number of nitrogens with one attached hydrogen (secondary N) is 1. The maximum Gasteiger partial charge on any atom is 0.241 e. The van der Waals surface area contributed by atoms with Crippen molar-refractivity contribution in [2.24, 2.45) is 0 Å². The molecule has 0 aliphatic rings. The number of sulfonamides is 1. The molecule has 0 spiro atoms. The first-order chi connectivity index (χ1) is 7.90. The summed E-state index contributed by atoms with van der Waals surface area (Å²) in [4.78, 5) is 0.157. The van der Waals surface area contributed by atoms with E-state index in [2.05, 4.69) is 4.72 Å². The third-order valence-corrected chi connectivity index (χ3v) is 4.20. The van der Waals surface area contributed by atoms with Gasteiger partial charge >= 0.3 is 0 Å². The smallest absolute Gasteiger partial charge is 0.241 e. The molecule has 0 bridgehead atoms. The molecule has 1 rings (SSSR count). The topological polar surface area (TPSA) is 92.4 Å². The molecule has 6 heteroatoms. The molecule has 0 heterocycles. The molecule has 0 fully saturated rings. The van der Waals surface area contributed by atoms with Crippen LogP contribution in [0, 0.1) is 6.92 Å². The van der Waals surface area contributed by atoms with Crippen LogP contribution in [0.4, 0.5) is 5.69 Å². The molecule has 0 amide bonds. The van der Waals surface area contributed by atoms with Gasteiger partial charge in [-0.05, 0) is 31.0 Å². The largest absolute Gasteiger partial charge is 0.399 e. The van der Waals surface area contributed by atoms with Crippen LogP contribution < -0.4 is 10.5 Å². The SMILES string of the molecule is CCC(CO)NS(=O)(=O)c1cc(N)ccc1C. The lowest BCUT2D eigenvalue weighted by Crippen LogP contribution is -2.37. The van der Waals surface area contributed by atoms with Gasteiger partial charge in [0, 0.05) is 11.7 Å². The van der Waals surface area contributed by atoms with E-state index in [1.807, 2.05) is 0 Å². The summed E-state index contributed by atoms with van der Waals surface area (Å²) in [5.41, 5.74) is 6.60. The van der Waals surface area contributed by atoms with Crippen LogP contribution in [-0.2, 0) is 10.0 Å². The molecule has 0 radical (unpaired) electrons. The number of anilines is 1. The Morgan fingerprint density at radius 3 is 2.65 bits per heavy atom. The zero-order valence-corrected chi connectivity index (χ0v) is 10.8. The van der Waals surface area contributed by atoms with Crippen LogP contribution in [0.3, 0.4) is 0 Å². The molecule has 1 unspecified atom stereocenters. The molecule has 0 aliphatic carbocycles. The Kier molecular flexibility index (Phi) is 4.50. The van der Waals surface area contributed by atoms with Crippen molar-refractivity contribution in [3.8, 4) is 0 Å². The standard InChI is InChI=1S/C11H18N2O3S/c1-3-10(7-14)13-17(15,16)11-6-9(12)5-4-8(11)2/h4-6,10,13-14H,3,7,12H2,1-2H3. The van der Waals surface area contributed by atoms with Crippen LogP contribution in [0.15, 0.2) is 23.1 Å². The van der Waals surface area contributed by atoms with E-state index in [4.69, 9.17) is 10.8 Å². The van der Waals surface area contributed by atoms with E-state index in [1.54, 1.807) is 26.0 Å². The average molecular weight is 258 g/mol. The van der Waals surface area contributed by atoms with Crippen LogP contribution >= 0.6 is 0 Å². The summed E-state index contributed by atoms with van der Waals surface area (Å²) in [6, 6.07) is 4.25. The molecule has 5 nitrogen and oxygen atoms in total. The van der Waals surface area contributed by atoms with Gasteiger partial charge in [0.25, 0.3) is 0 Å². The predicted molar refractivity (Wildman–Crippen MR) is 67.1 cm³/mol. The highest BCUT2D eigenvalue weighted by atomic mass is 32.2. The van der Waals surface area contributed by atoms with E-state index in [0.717, 1.165) is 0 Å². The quantitative estimate of drug-likeness (QED) is 0.675. The Bertz CT molecular complexity index is 481. The Morgan fingerprint density at radius 2 is 2.12 bits per heavy atom. The summed E-state index contributed by atoms with van der Waals surface area (Å²) in [7, 11) is -3.63. The Hall–Kier alpha value is -1.11. The fourth-order valence-corrected chi connectivity index (χ4v) is 3.03. The van der Waals surface area contributed by atoms with Gasteiger partial charge in [-0.15, -0.1) is 0 Å². The normalized spacial score (nSPS) is 13.6. The van der Waals surface area contributed by atoms with Crippen molar-refractivity contribution < 1.29 is 13.5 Å². The molecule has 0 saturated carbocycles. The van der Waals surface area contributed by atoms with Gasteiger partial charge in [0.15, 0.2) is 0 Å². The second-order valence-electron chi connectivity index (χ2n) is 3.93. The molecular weight excluding hydrogens is 240 g/mol. The van der Waals surface area contributed by atoms with Crippen molar-refractivity contribution in [2.45, 2.75) is 31.2 Å². The van der Waals surface area contributed by atoms with E-state index in [9.17, 15) is 8.42 Å². The van der Waals surface area contributed by atoms with Gasteiger partial charge in [-0.1, -0.05) is 13.0 Å². The number of aliphatic hydroxyl groups is 1. The van der Waals surface area contributed by atoms with Gasteiger partial charge in [0.05, 0.1) is 11.5 Å². The van der Waals surface area contributed by atoms with Crippen molar-refractivity contribution in [2.75, 3.05) is 12.3 Å². The van der Waals surface area contributed by atoms with Gasteiger partial charge in [0.1, 0.15) is 0 Å². The highest BCUT2D eigenvalue weighted by Gasteiger charge is 2.20. The summed E-state index contributed by atoms with van der Waals surface area (Å²) in [6.45, 7) is 3.28. The number of aryl methyl sites for hydroxylation is 1. The fraction of sp³-hybridized carbons (Fsp3) is 0.455. The molecular formula is C11H18N2O3S. The Balaban J connectivity index is 3.09. The van der Waals surface area contributed by atoms with Crippen LogP contribution in [0.25, 0.3) is 0 Å². The van der Waals surface area contributed by atoms with Gasteiger partial charge < -0.3 is 10.8 Å². The van der Waals surface area contributed by atoms with Gasteiger partial charge in [0.2, 0.25) is 10.0 Å². The molecule has 96 valence electrons. The van der Waals surface area contributed by atoms with Crippen LogP contribution in [0.1, 0.15) is 18.9 Å². The van der Waals surface area contributed by atoms with Gasteiger partial charge in [-0.2, -0.15) is 0 Å². The number of benzene rings is 1. The molecule has 1 aromatic carbocycles. The molecule has 0 aliphatic heterocycles. The van der Waals surface area contributed by atoms with E-state index in [1.165, 1.54) is 6.07 Å². The van der Waals surface area contributed by atoms with Crippen molar-refractivity contribution in [3.63, 3.8) is 0 Å². The molecule has 17 heavy (non-hydrogen) atoms. The van der Waals surface area contributed by atoms with Gasteiger partial charge in [-0.3, -0.25) is 0 Å². The summed E-state index contributed by atoms with van der Waals surface area (Å²) in [5, 5.41) is 9.01. The van der Waals surface area contributed by atoms with Crippen molar-refractivity contribution in [1.82, 2.24) is 4.72 Å². The summed E-state index contributed by atoms with van der Waals surface area (Å²) >= 11 is 0. The van der Waals surface area contributed by atoms with Crippen molar-refractivity contribution in [3.05, 3.63) is 23.8 Å². The van der Waals surface area contributed by atoms with Crippen LogP contribution in [0.5, 0.6) is 0 Å². The number of nitrogens with two attached hydrogens (primary N) is 1. The van der Waals surface area contributed by atoms with Crippen molar-refractivity contribution >= 4 is 15.7 Å². The van der Waals surface area contributed by atoms with Gasteiger partial charge in [-0.25, -0.2) is 13.1 Å². The van der Waals surface area contributed by atoms with E-state index >= 15 is 0 Å². The number of rotatable bonds is 5. The minimum atomic E-state index is -3.63. The first-order valence-electron chi connectivity index (χ1n) is 5.40. The monoisotopic (exact) mass is 258 g/mol. The highest BCUT2D eigenvalue weighted by Crippen LogP contribution is 2.18. The Morgan fingerprint density at radius 1 is 1.47 bits per heavy atom. The molecule has 1 atom stereocenters. The minimum absolute atomic E-state index is 0.157. The van der Waals surface area contributed by atoms with Crippen LogP contribution in [-0.4, -0.2) is 26.2 Å². The molecule has 1 aromatic rings. The number of hydrogen-bond acceptors (Lipinski definition) is 4. The molecule has 0 aromatic heterocycles. The summed E-state index contributed by atoms with van der Waals surface area (Å²) < 4.78 is 26.6. The van der Waals surface area contributed by atoms with E-state index in [-0.39, 0.29) is 11.5 Å². The third kappa shape index (κ3) is 3.42. The summed E-state index contributed by atoms with van der Waals surface area (Å²) in [6.07, 6.45) is 0.525. The third-order valence-electron chi connectivity index (χ3n) is 2.54. The maximum absolute atomic E-state index is 12.1. The lowest BCUT2D eigenvalue weighted by Gasteiger charge is -2.15. The lowest BCUT2D eigenvalue weighted by molar-refractivity contribution is 0.254. The minimum Gasteiger partial charge on any atom is -0.399 e. The zero-order chi connectivity index (χ0) is 13.1. The van der Waals surface area contributed by atoms with Crippen molar-refractivity contribution in [1.29, 1.82) is 0 Å². The fourth-order valence-electron chi connectivity index (χ4n) is 1.44.